The summed E-state index contributed by atoms with van der Waals surface area (Å²) >= 11 is 0. The molecule has 158 valence electrons. The van der Waals surface area contributed by atoms with Crippen molar-refractivity contribution in [1.29, 1.82) is 0 Å². The molecule has 0 aromatic rings. The molecule has 1 atom stereocenters. The van der Waals surface area contributed by atoms with Crippen LogP contribution in [0.4, 0.5) is 0 Å². The zero-order valence-electron chi connectivity index (χ0n) is 19.5. The third kappa shape index (κ3) is 9.55. The average molecular weight is 383 g/mol. The van der Waals surface area contributed by atoms with Crippen LogP contribution in [0.5, 0.6) is 0 Å². The van der Waals surface area contributed by atoms with Gasteiger partial charge in [0.05, 0.1) is 12.5 Å². The fourth-order valence-electron chi connectivity index (χ4n) is 2.88. The van der Waals surface area contributed by atoms with E-state index in [1.54, 1.807) is 20.8 Å². The molecule has 0 aliphatic heterocycles. The molecule has 0 aromatic carbocycles. The quantitative estimate of drug-likeness (QED) is 0.377. The van der Waals surface area contributed by atoms with Crippen molar-refractivity contribution in [3.05, 3.63) is 12.2 Å². The van der Waals surface area contributed by atoms with Crippen molar-refractivity contribution in [2.24, 2.45) is 16.7 Å². The summed E-state index contributed by atoms with van der Waals surface area (Å²) in [6.45, 7) is 25.6. The van der Waals surface area contributed by atoms with Gasteiger partial charge in [-0.1, -0.05) is 48.1 Å². The van der Waals surface area contributed by atoms with Gasteiger partial charge in [-0.25, -0.2) is 0 Å². The molecular formula is C23H42O4. The normalized spacial score (nSPS) is 14.6. The van der Waals surface area contributed by atoms with Crippen molar-refractivity contribution in [1.82, 2.24) is 0 Å². The van der Waals surface area contributed by atoms with Crippen LogP contribution in [0.15, 0.2) is 12.2 Å². The third-order valence-electron chi connectivity index (χ3n) is 4.62. The van der Waals surface area contributed by atoms with Crippen molar-refractivity contribution >= 4 is 11.8 Å². The zero-order chi connectivity index (χ0) is 21.8. The van der Waals surface area contributed by atoms with Crippen LogP contribution in [-0.2, 0) is 19.1 Å². The summed E-state index contributed by atoms with van der Waals surface area (Å²) in [5.74, 6) is -0.464. The Morgan fingerprint density at radius 3 is 1.78 bits per heavy atom. The molecule has 0 spiro atoms. The Morgan fingerprint density at radius 2 is 1.41 bits per heavy atom. The largest absolute Gasteiger partial charge is 0.459 e. The van der Waals surface area contributed by atoms with E-state index in [2.05, 4.69) is 48.1 Å². The lowest BCUT2D eigenvalue weighted by molar-refractivity contribution is -0.170. The van der Waals surface area contributed by atoms with Crippen LogP contribution in [0.3, 0.4) is 0 Å². The minimum Gasteiger partial charge on any atom is -0.459 e. The fourth-order valence-corrected chi connectivity index (χ4v) is 2.88. The van der Waals surface area contributed by atoms with E-state index in [9.17, 15) is 9.59 Å². The van der Waals surface area contributed by atoms with Crippen molar-refractivity contribution in [2.75, 3.05) is 6.61 Å². The maximum Gasteiger partial charge on any atom is 0.310 e. The molecule has 0 amide bonds. The highest BCUT2D eigenvalue weighted by atomic mass is 16.6. The monoisotopic (exact) mass is 382 g/mol. The van der Waals surface area contributed by atoms with Crippen LogP contribution in [0.2, 0.25) is 0 Å². The summed E-state index contributed by atoms with van der Waals surface area (Å²) in [5, 5.41) is 0. The summed E-state index contributed by atoms with van der Waals surface area (Å²) in [5.41, 5.74) is -1.25. The van der Waals surface area contributed by atoms with E-state index in [4.69, 9.17) is 9.47 Å². The van der Waals surface area contributed by atoms with E-state index in [1.807, 2.05) is 13.8 Å². The highest BCUT2D eigenvalue weighted by Gasteiger charge is 2.38. The lowest BCUT2D eigenvalue weighted by Gasteiger charge is -2.36. The Labute approximate surface area is 167 Å². The Morgan fingerprint density at radius 1 is 0.926 bits per heavy atom. The smallest absolute Gasteiger partial charge is 0.310 e. The molecule has 1 unspecified atom stereocenters. The van der Waals surface area contributed by atoms with Crippen LogP contribution in [0.25, 0.3) is 0 Å². The molecular weight excluding hydrogens is 340 g/mol. The average Bonchev–Trinajstić information content (AvgIpc) is 2.40. The van der Waals surface area contributed by atoms with E-state index >= 15 is 0 Å². The van der Waals surface area contributed by atoms with Crippen LogP contribution < -0.4 is 0 Å². The molecule has 0 aromatic heterocycles. The van der Waals surface area contributed by atoms with Gasteiger partial charge in [-0.2, -0.15) is 0 Å². The Balaban J connectivity index is 4.95. The van der Waals surface area contributed by atoms with E-state index in [0.717, 1.165) is 6.42 Å². The number of Topliss-reactive ketones (excluding diaryl/α,β-unsaturated/α-hetero) is 1. The molecule has 0 aliphatic carbocycles. The molecule has 0 radical (unpaired) electrons. The first kappa shape index (κ1) is 25.8. The summed E-state index contributed by atoms with van der Waals surface area (Å²) in [6, 6.07) is 0. The van der Waals surface area contributed by atoms with Gasteiger partial charge in [0.2, 0.25) is 0 Å². The van der Waals surface area contributed by atoms with Gasteiger partial charge in [-0.3, -0.25) is 9.59 Å². The predicted octanol–water partition coefficient (Wildman–Crippen LogP) is 5.74. The standard InChI is InChI=1S/C23H42O4/c1-16(2)18(24)23(11,12)26-14-13-22(9,10)27-19(25)17(21(6,7)8)15-20(3,4)5/h17H,1,13-15H2,2-12H3. The molecule has 0 fully saturated rings. The number of ketones is 1. The maximum absolute atomic E-state index is 12.9. The highest BCUT2D eigenvalue weighted by molar-refractivity contribution is 6.00. The van der Waals surface area contributed by atoms with Crippen LogP contribution in [0.1, 0.15) is 89.0 Å². The van der Waals surface area contributed by atoms with Gasteiger partial charge in [0, 0.05) is 6.42 Å². The summed E-state index contributed by atoms with van der Waals surface area (Å²) < 4.78 is 11.7. The minimum atomic E-state index is -0.925. The van der Waals surface area contributed by atoms with E-state index in [-0.39, 0.29) is 28.5 Å². The number of rotatable bonds is 9. The van der Waals surface area contributed by atoms with E-state index < -0.39 is 11.2 Å². The van der Waals surface area contributed by atoms with Gasteiger partial charge in [0.1, 0.15) is 11.2 Å². The lowest BCUT2D eigenvalue weighted by atomic mass is 9.72. The number of carbonyl (C=O) groups is 2. The predicted molar refractivity (Wildman–Crippen MR) is 112 cm³/mol. The molecule has 0 saturated heterocycles. The molecule has 0 aliphatic rings. The van der Waals surface area contributed by atoms with Crippen LogP contribution in [-0.4, -0.2) is 29.6 Å². The minimum absolute atomic E-state index is 0.0388. The van der Waals surface area contributed by atoms with Gasteiger partial charge in [-0.15, -0.1) is 0 Å². The Hall–Kier alpha value is -1.16. The second-order valence-corrected chi connectivity index (χ2v) is 11.1. The van der Waals surface area contributed by atoms with Gasteiger partial charge < -0.3 is 9.47 Å². The van der Waals surface area contributed by atoms with Gasteiger partial charge in [-0.05, 0) is 57.4 Å². The third-order valence-corrected chi connectivity index (χ3v) is 4.62. The van der Waals surface area contributed by atoms with Crippen molar-refractivity contribution in [3.8, 4) is 0 Å². The Kier molecular flexibility index (Phi) is 8.51. The van der Waals surface area contributed by atoms with Crippen molar-refractivity contribution in [3.63, 3.8) is 0 Å². The number of hydrogen-bond donors (Lipinski definition) is 0. The zero-order valence-corrected chi connectivity index (χ0v) is 19.5. The van der Waals surface area contributed by atoms with Gasteiger partial charge in [0.25, 0.3) is 0 Å². The SMILES string of the molecule is C=C(C)C(=O)C(C)(C)OCCC(C)(C)OC(=O)C(CC(C)(C)C)C(C)(C)C. The van der Waals surface area contributed by atoms with E-state index in [0.29, 0.717) is 18.6 Å². The topological polar surface area (TPSA) is 52.6 Å². The maximum atomic E-state index is 12.9. The second kappa shape index (κ2) is 8.89. The first-order valence-corrected chi connectivity index (χ1v) is 9.86. The number of hydrogen-bond acceptors (Lipinski definition) is 4. The van der Waals surface area contributed by atoms with Gasteiger partial charge in [0.15, 0.2) is 5.78 Å². The Bertz CT molecular complexity index is 542. The van der Waals surface area contributed by atoms with Crippen LogP contribution >= 0.6 is 0 Å². The van der Waals surface area contributed by atoms with Crippen molar-refractivity contribution < 1.29 is 19.1 Å². The second-order valence-electron chi connectivity index (χ2n) is 11.1. The number of ether oxygens (including phenoxy) is 2. The van der Waals surface area contributed by atoms with Crippen LogP contribution in [0, 0.1) is 16.7 Å². The molecule has 4 heteroatoms. The van der Waals surface area contributed by atoms with Crippen molar-refractivity contribution in [2.45, 2.75) is 100 Å². The molecule has 0 rings (SSSR count). The summed E-state index contributed by atoms with van der Waals surface area (Å²) in [6.07, 6.45) is 1.28. The molecule has 0 heterocycles. The first-order valence-electron chi connectivity index (χ1n) is 9.86. The number of carbonyl (C=O) groups excluding carboxylic acids is 2. The molecule has 0 saturated carbocycles. The highest BCUT2D eigenvalue weighted by Crippen LogP contribution is 2.37. The fraction of sp³-hybridized carbons (Fsp3) is 0.826. The summed E-state index contributed by atoms with van der Waals surface area (Å²) in [4.78, 5) is 25.0. The molecule has 0 bridgehead atoms. The molecule has 0 N–H and O–H groups in total. The van der Waals surface area contributed by atoms with Gasteiger partial charge >= 0.3 is 5.97 Å². The lowest BCUT2D eigenvalue weighted by Crippen LogP contribution is -2.40. The van der Waals surface area contributed by atoms with E-state index in [1.165, 1.54) is 0 Å². The molecule has 27 heavy (non-hydrogen) atoms. The first-order chi connectivity index (χ1) is 11.8. The summed E-state index contributed by atoms with van der Waals surface area (Å²) in [7, 11) is 0. The number of esters is 1. The molecule has 4 nitrogen and oxygen atoms in total.